The molecular formula is C12H13NO5. The van der Waals surface area contributed by atoms with Gasteiger partial charge < -0.3 is 14.9 Å². The van der Waals surface area contributed by atoms with Gasteiger partial charge >= 0.3 is 12.1 Å². The first kappa shape index (κ1) is 12.2. The molecule has 96 valence electrons. The summed E-state index contributed by atoms with van der Waals surface area (Å²) in [6.45, 7) is 0.254. The third-order valence-corrected chi connectivity index (χ3v) is 2.73. The monoisotopic (exact) mass is 251 g/mol. The van der Waals surface area contributed by atoms with Gasteiger partial charge in [0.15, 0.2) is 0 Å². The lowest BCUT2D eigenvalue weighted by atomic mass is 10.2. The van der Waals surface area contributed by atoms with Crippen LogP contribution in [0.3, 0.4) is 0 Å². The van der Waals surface area contributed by atoms with Crippen LogP contribution < -0.4 is 4.90 Å². The summed E-state index contributed by atoms with van der Waals surface area (Å²) >= 11 is 0. The molecule has 0 bridgehead atoms. The van der Waals surface area contributed by atoms with Gasteiger partial charge in [-0.05, 0) is 18.6 Å². The molecule has 1 fully saturated rings. The molecule has 6 heteroatoms. The normalized spacial score (nSPS) is 18.8. The second-order valence-corrected chi connectivity index (χ2v) is 4.04. The van der Waals surface area contributed by atoms with Gasteiger partial charge in [0.05, 0.1) is 12.2 Å². The average molecular weight is 251 g/mol. The number of hydrogen-bond acceptors (Lipinski definition) is 4. The summed E-state index contributed by atoms with van der Waals surface area (Å²) in [7, 11) is 0. The van der Waals surface area contributed by atoms with Crippen molar-refractivity contribution < 1.29 is 24.5 Å². The van der Waals surface area contributed by atoms with Crippen molar-refractivity contribution in [2.24, 2.45) is 0 Å². The van der Waals surface area contributed by atoms with Crippen LogP contribution in [0.5, 0.6) is 5.75 Å². The van der Waals surface area contributed by atoms with Gasteiger partial charge in [-0.15, -0.1) is 0 Å². The Bertz CT molecular complexity index is 473. The maximum atomic E-state index is 11.6. The Balaban J connectivity index is 2.06. The van der Waals surface area contributed by atoms with E-state index in [4.69, 9.17) is 9.84 Å². The number of aromatic hydroxyl groups is 1. The molecule has 2 rings (SSSR count). The molecule has 0 radical (unpaired) electrons. The number of nitrogens with zero attached hydrogens (tertiary/aromatic N) is 1. The van der Waals surface area contributed by atoms with E-state index in [0.717, 1.165) is 0 Å². The van der Waals surface area contributed by atoms with E-state index in [1.54, 1.807) is 18.2 Å². The highest BCUT2D eigenvalue weighted by Gasteiger charge is 2.33. The van der Waals surface area contributed by atoms with Crippen molar-refractivity contribution in [3.8, 4) is 5.75 Å². The summed E-state index contributed by atoms with van der Waals surface area (Å²) in [5, 5.41) is 18.2. The molecular weight excluding hydrogens is 238 g/mol. The third-order valence-electron chi connectivity index (χ3n) is 2.73. The van der Waals surface area contributed by atoms with Crippen molar-refractivity contribution in [1.82, 2.24) is 0 Å². The Morgan fingerprint density at radius 3 is 2.83 bits per heavy atom. The Morgan fingerprint density at radius 2 is 2.17 bits per heavy atom. The quantitative estimate of drug-likeness (QED) is 0.848. The van der Waals surface area contributed by atoms with Crippen molar-refractivity contribution in [1.29, 1.82) is 0 Å². The standard InChI is InChI=1S/C12H13NO5/c14-10-4-2-1-3-9(10)13-7-8(18-12(13)17)5-6-11(15)16/h1-4,8,14H,5-7H2,(H,15,16). The zero-order chi connectivity index (χ0) is 13.1. The molecule has 0 aliphatic carbocycles. The lowest BCUT2D eigenvalue weighted by molar-refractivity contribution is -0.137. The lowest BCUT2D eigenvalue weighted by Gasteiger charge is -2.13. The van der Waals surface area contributed by atoms with E-state index in [1.807, 2.05) is 0 Å². The number of cyclic esters (lactones) is 1. The van der Waals surface area contributed by atoms with Crippen LogP contribution in [-0.4, -0.2) is 34.9 Å². The van der Waals surface area contributed by atoms with Gasteiger partial charge in [0.2, 0.25) is 0 Å². The molecule has 0 spiro atoms. The van der Waals surface area contributed by atoms with Crippen molar-refractivity contribution in [2.45, 2.75) is 18.9 Å². The number of carbonyl (C=O) groups excluding carboxylic acids is 1. The number of rotatable bonds is 4. The van der Waals surface area contributed by atoms with Crippen LogP contribution in [0.25, 0.3) is 0 Å². The highest BCUT2D eigenvalue weighted by atomic mass is 16.6. The summed E-state index contributed by atoms with van der Waals surface area (Å²) in [5.41, 5.74) is 0.375. The van der Waals surface area contributed by atoms with E-state index in [-0.39, 0.29) is 25.1 Å². The number of amides is 1. The second kappa shape index (κ2) is 4.95. The van der Waals surface area contributed by atoms with Gasteiger partial charge in [0.25, 0.3) is 0 Å². The predicted molar refractivity (Wildman–Crippen MR) is 62.6 cm³/mol. The molecule has 1 atom stereocenters. The smallest absolute Gasteiger partial charge is 0.414 e. The fourth-order valence-corrected chi connectivity index (χ4v) is 1.85. The lowest BCUT2D eigenvalue weighted by Crippen LogP contribution is -2.24. The first-order valence-corrected chi connectivity index (χ1v) is 5.56. The summed E-state index contributed by atoms with van der Waals surface area (Å²) in [4.78, 5) is 23.4. The van der Waals surface area contributed by atoms with Crippen LogP contribution in [-0.2, 0) is 9.53 Å². The van der Waals surface area contributed by atoms with E-state index in [9.17, 15) is 14.7 Å². The largest absolute Gasteiger partial charge is 0.506 e. The maximum Gasteiger partial charge on any atom is 0.414 e. The number of phenolic OH excluding ortho intramolecular Hbond substituents is 1. The third kappa shape index (κ3) is 2.53. The molecule has 1 unspecified atom stereocenters. The molecule has 1 amide bonds. The van der Waals surface area contributed by atoms with Crippen LogP contribution in [0.15, 0.2) is 24.3 Å². The molecule has 1 aliphatic heterocycles. The minimum atomic E-state index is -0.924. The molecule has 1 aromatic carbocycles. The molecule has 6 nitrogen and oxygen atoms in total. The minimum Gasteiger partial charge on any atom is -0.506 e. The van der Waals surface area contributed by atoms with Crippen LogP contribution in [0.1, 0.15) is 12.8 Å². The molecule has 2 N–H and O–H groups in total. The highest BCUT2D eigenvalue weighted by molar-refractivity contribution is 5.91. The molecule has 1 heterocycles. The van der Waals surface area contributed by atoms with Gasteiger partial charge in [-0.2, -0.15) is 0 Å². The number of anilines is 1. The maximum absolute atomic E-state index is 11.6. The number of phenols is 1. The number of para-hydroxylation sites is 2. The Hall–Kier alpha value is -2.24. The second-order valence-electron chi connectivity index (χ2n) is 4.04. The molecule has 1 aromatic rings. The van der Waals surface area contributed by atoms with E-state index in [0.29, 0.717) is 5.69 Å². The highest BCUT2D eigenvalue weighted by Crippen LogP contribution is 2.30. The number of ether oxygens (including phenoxy) is 1. The summed E-state index contributed by atoms with van der Waals surface area (Å²) < 4.78 is 5.05. The fourth-order valence-electron chi connectivity index (χ4n) is 1.85. The summed E-state index contributed by atoms with van der Waals surface area (Å²) in [5.74, 6) is -0.930. The van der Waals surface area contributed by atoms with Crippen molar-refractivity contribution >= 4 is 17.7 Å². The van der Waals surface area contributed by atoms with E-state index in [1.165, 1.54) is 11.0 Å². The number of carboxylic acid groups (broad SMARTS) is 1. The van der Waals surface area contributed by atoms with E-state index >= 15 is 0 Å². The minimum absolute atomic E-state index is 0.00617. The molecule has 1 saturated heterocycles. The number of carboxylic acids is 1. The van der Waals surface area contributed by atoms with Crippen molar-refractivity contribution in [3.63, 3.8) is 0 Å². The SMILES string of the molecule is O=C(O)CCC1CN(c2ccccc2O)C(=O)O1. The molecule has 18 heavy (non-hydrogen) atoms. The van der Waals surface area contributed by atoms with Crippen LogP contribution >= 0.6 is 0 Å². The Morgan fingerprint density at radius 1 is 1.44 bits per heavy atom. The first-order chi connectivity index (χ1) is 8.58. The van der Waals surface area contributed by atoms with Gasteiger partial charge in [0, 0.05) is 6.42 Å². The Kier molecular flexibility index (Phi) is 3.36. The Labute approximate surface area is 103 Å². The van der Waals surface area contributed by atoms with E-state index < -0.39 is 18.2 Å². The fraction of sp³-hybridized carbons (Fsp3) is 0.333. The number of benzene rings is 1. The van der Waals surface area contributed by atoms with Gasteiger partial charge in [-0.1, -0.05) is 12.1 Å². The van der Waals surface area contributed by atoms with Crippen molar-refractivity contribution in [2.75, 3.05) is 11.4 Å². The van der Waals surface area contributed by atoms with Gasteiger partial charge in [-0.3, -0.25) is 9.69 Å². The van der Waals surface area contributed by atoms with Crippen LogP contribution in [0.2, 0.25) is 0 Å². The molecule has 0 aromatic heterocycles. The van der Waals surface area contributed by atoms with Crippen LogP contribution in [0, 0.1) is 0 Å². The predicted octanol–water partition coefficient (Wildman–Crippen LogP) is 1.58. The molecule has 0 saturated carbocycles. The van der Waals surface area contributed by atoms with E-state index in [2.05, 4.69) is 0 Å². The summed E-state index contributed by atoms with van der Waals surface area (Å²) in [6, 6.07) is 6.44. The first-order valence-electron chi connectivity index (χ1n) is 5.56. The number of aliphatic carboxylic acids is 1. The zero-order valence-corrected chi connectivity index (χ0v) is 9.57. The van der Waals surface area contributed by atoms with Gasteiger partial charge in [-0.25, -0.2) is 4.79 Å². The number of hydrogen-bond donors (Lipinski definition) is 2. The number of carbonyl (C=O) groups is 2. The topological polar surface area (TPSA) is 87.1 Å². The zero-order valence-electron chi connectivity index (χ0n) is 9.57. The summed E-state index contributed by atoms with van der Waals surface area (Å²) in [6.07, 6.45) is -0.794. The average Bonchev–Trinajstić information content (AvgIpc) is 2.69. The van der Waals surface area contributed by atoms with Gasteiger partial charge in [0.1, 0.15) is 11.9 Å². The van der Waals surface area contributed by atoms with Crippen molar-refractivity contribution in [3.05, 3.63) is 24.3 Å². The molecule has 1 aliphatic rings. The van der Waals surface area contributed by atoms with Crippen LogP contribution in [0.4, 0.5) is 10.5 Å².